The minimum atomic E-state index is 0.445. The lowest BCUT2D eigenvalue weighted by atomic mass is 9.49. The van der Waals surface area contributed by atoms with Gasteiger partial charge in [0.15, 0.2) is 0 Å². The number of fused-ring (bicyclic) bond motifs is 5. The summed E-state index contributed by atoms with van der Waals surface area (Å²) >= 11 is 0. The van der Waals surface area contributed by atoms with Gasteiger partial charge in [-0.1, -0.05) is 125 Å². The first-order valence-electron chi connectivity index (χ1n) is 30.7. The zero-order chi connectivity index (χ0) is 46.4. The normalized spacial score (nSPS) is 45.9. The summed E-state index contributed by atoms with van der Waals surface area (Å²) in [5, 5.41) is 8.59. The quantitative estimate of drug-likeness (QED) is 0.191. The monoisotopic (exact) mass is 923 g/mol. The van der Waals surface area contributed by atoms with Crippen molar-refractivity contribution in [3.63, 3.8) is 0 Å². The second kappa shape index (κ2) is 21.4. The predicted octanol–water partition coefficient (Wildman–Crippen LogP) is 17.0. The van der Waals surface area contributed by atoms with Crippen molar-refractivity contribution < 1.29 is 0 Å². The Kier molecular flexibility index (Phi) is 15.3. The lowest BCUT2D eigenvalue weighted by Crippen LogP contribution is -2.50. The van der Waals surface area contributed by atoms with Crippen LogP contribution in [0.5, 0.6) is 0 Å². The molecule has 0 aromatic heterocycles. The van der Waals surface area contributed by atoms with Gasteiger partial charge >= 0.3 is 0 Å². The highest BCUT2D eigenvalue weighted by Crippen LogP contribution is 2.71. The third-order valence-electron chi connectivity index (χ3n) is 23.7. The molecule has 0 saturated heterocycles. The molecule has 0 heterocycles. The number of rotatable bonds is 12. The highest BCUT2D eigenvalue weighted by Gasteiger charge is 2.65. The summed E-state index contributed by atoms with van der Waals surface area (Å²) in [6.07, 6.45) is 61.9. The molecule has 68 heavy (non-hydrogen) atoms. The summed E-state index contributed by atoms with van der Waals surface area (Å²) in [6.45, 7) is 11.4. The first-order chi connectivity index (χ1) is 33.3. The molecule has 0 bridgehead atoms. The molecule has 18 atom stereocenters. The molecule has 5 fully saturated rings. The Morgan fingerprint density at radius 1 is 0.647 bits per heavy atom. The number of hydrogen-bond donors (Lipinski definition) is 2. The molecular formula is C66H102N2. The molecule has 11 aliphatic rings. The van der Waals surface area contributed by atoms with E-state index in [1.165, 1.54) is 186 Å². The van der Waals surface area contributed by atoms with Crippen LogP contribution in [0.4, 0.5) is 0 Å². The van der Waals surface area contributed by atoms with Gasteiger partial charge in [-0.3, -0.25) is 0 Å². The smallest absolute Gasteiger partial charge is 0.0113 e. The Labute approximate surface area is 418 Å². The van der Waals surface area contributed by atoms with Gasteiger partial charge in [-0.05, 0) is 273 Å². The van der Waals surface area contributed by atoms with E-state index in [0.717, 1.165) is 101 Å². The van der Waals surface area contributed by atoms with Crippen LogP contribution in [0.3, 0.4) is 0 Å². The van der Waals surface area contributed by atoms with E-state index in [1.54, 1.807) is 11.1 Å². The van der Waals surface area contributed by atoms with Gasteiger partial charge < -0.3 is 10.6 Å². The largest absolute Gasteiger partial charge is 0.317 e. The van der Waals surface area contributed by atoms with Crippen molar-refractivity contribution in [2.75, 3.05) is 13.6 Å². The van der Waals surface area contributed by atoms with E-state index in [2.05, 4.69) is 94.0 Å². The molecule has 5 saturated carbocycles. The number of hydrogen-bond acceptors (Lipinski definition) is 2. The van der Waals surface area contributed by atoms with Crippen molar-refractivity contribution >= 4 is 0 Å². The molecule has 16 unspecified atom stereocenters. The van der Waals surface area contributed by atoms with E-state index in [9.17, 15) is 0 Å². The van der Waals surface area contributed by atoms with Crippen molar-refractivity contribution in [2.45, 2.75) is 220 Å². The number of nitrogens with one attached hydrogen (secondary N) is 2. The summed E-state index contributed by atoms with van der Waals surface area (Å²) in [4.78, 5) is 0. The van der Waals surface area contributed by atoms with Crippen LogP contribution in [0.2, 0.25) is 0 Å². The number of allylic oxidation sites excluding steroid dienone is 12. The Bertz CT molecular complexity index is 1900. The van der Waals surface area contributed by atoms with E-state index in [0.29, 0.717) is 17.5 Å². The summed E-state index contributed by atoms with van der Waals surface area (Å²) in [7, 11) is 2.32. The van der Waals surface area contributed by atoms with Gasteiger partial charge in [0.25, 0.3) is 0 Å². The Hall–Kier alpha value is -1.64. The molecule has 0 amide bonds. The Morgan fingerprint density at radius 2 is 1.53 bits per heavy atom. The zero-order valence-corrected chi connectivity index (χ0v) is 44.6. The maximum absolute atomic E-state index is 4.57. The molecule has 2 heteroatoms. The Morgan fingerprint density at radius 3 is 2.34 bits per heavy atom. The van der Waals surface area contributed by atoms with Crippen molar-refractivity contribution in [1.29, 1.82) is 0 Å². The maximum atomic E-state index is 4.57. The van der Waals surface area contributed by atoms with Crippen LogP contribution in [-0.2, 0) is 0 Å². The highest BCUT2D eigenvalue weighted by atomic mass is 15.0. The van der Waals surface area contributed by atoms with E-state index in [4.69, 9.17) is 0 Å². The SMILES string of the molecule is CNC(CC(NCC1CC(C2=CCC(C3(C4CCC(C)CC4)C4C=CCCC4C4C5=C(C=CC43)CC[C@@H](C)C5)CC2)CC(C2CC=C(C)CC2)C1)C1CCC[C@H](C)C1)C1CC=CC2CCCCC21. The summed E-state index contributed by atoms with van der Waals surface area (Å²) in [5.41, 5.74) is 7.79. The van der Waals surface area contributed by atoms with Gasteiger partial charge in [0, 0.05) is 12.1 Å². The highest BCUT2D eigenvalue weighted by molar-refractivity contribution is 5.41. The van der Waals surface area contributed by atoms with Gasteiger partial charge in [-0.25, -0.2) is 0 Å². The molecule has 2 N–H and O–H groups in total. The minimum absolute atomic E-state index is 0.445. The molecule has 11 aliphatic carbocycles. The van der Waals surface area contributed by atoms with E-state index >= 15 is 0 Å². The van der Waals surface area contributed by atoms with Crippen LogP contribution in [0.1, 0.15) is 207 Å². The second-order valence-electron chi connectivity index (χ2n) is 27.4. The average molecular weight is 924 g/mol. The third-order valence-corrected chi connectivity index (χ3v) is 23.7. The van der Waals surface area contributed by atoms with Crippen LogP contribution in [0, 0.1) is 106 Å². The zero-order valence-electron chi connectivity index (χ0n) is 44.6. The topological polar surface area (TPSA) is 24.1 Å². The van der Waals surface area contributed by atoms with Crippen LogP contribution in [-0.4, -0.2) is 25.7 Å². The van der Waals surface area contributed by atoms with Gasteiger partial charge in [0.05, 0.1) is 0 Å². The fourth-order valence-electron chi connectivity index (χ4n) is 20.3. The minimum Gasteiger partial charge on any atom is -0.317 e. The molecular weight excluding hydrogens is 821 g/mol. The second-order valence-corrected chi connectivity index (χ2v) is 27.4. The first-order valence-corrected chi connectivity index (χ1v) is 30.7. The predicted molar refractivity (Wildman–Crippen MR) is 289 cm³/mol. The van der Waals surface area contributed by atoms with Crippen LogP contribution >= 0.6 is 0 Å². The third kappa shape index (κ3) is 9.68. The summed E-state index contributed by atoms with van der Waals surface area (Å²) < 4.78 is 0. The van der Waals surface area contributed by atoms with Gasteiger partial charge in [-0.15, -0.1) is 0 Å². The standard InChI is InChI=1S/C66H102N2/c1-43-20-25-48(26-21-43)53-38-47(42-68-63(52-15-10-12-45(3)36-52)41-64(67-5)58-18-11-14-50-13-6-7-16-57(50)58)39-54(40-53)49-28-33-56(34-29-49)66(55-31-23-44(2)24-32-55)61-19-9-8-17-59(61)65-60-37-46(4)22-27-51(60)30-35-62(65)66/h9,11,14,19-20,28,30,35,44-48,50,52-59,61-65,67-68H,6-8,10,12-13,15-18,21-27,29,31-34,36-42H2,1-5H3/t44?,45-,46+,47?,48?,50?,52?,53?,54?,55?,56?,57?,58?,59?,61?,62?,63?,64?,65?,66?/m0/s1. The van der Waals surface area contributed by atoms with Crippen molar-refractivity contribution in [3.8, 4) is 0 Å². The van der Waals surface area contributed by atoms with Crippen LogP contribution in [0.25, 0.3) is 0 Å². The fourth-order valence-corrected chi connectivity index (χ4v) is 20.3. The summed E-state index contributed by atoms with van der Waals surface area (Å²) in [6, 6.07) is 1.29. The lowest BCUT2D eigenvalue weighted by molar-refractivity contribution is -0.0282. The van der Waals surface area contributed by atoms with Crippen molar-refractivity contribution in [2.24, 2.45) is 106 Å². The molecule has 0 spiro atoms. The average Bonchev–Trinajstić information content (AvgIpc) is 3.68. The van der Waals surface area contributed by atoms with E-state index < -0.39 is 0 Å². The molecule has 2 nitrogen and oxygen atoms in total. The molecule has 0 radical (unpaired) electrons. The van der Waals surface area contributed by atoms with Gasteiger partial charge in [0.1, 0.15) is 0 Å². The van der Waals surface area contributed by atoms with E-state index in [-0.39, 0.29) is 0 Å². The van der Waals surface area contributed by atoms with Gasteiger partial charge in [0.2, 0.25) is 0 Å². The van der Waals surface area contributed by atoms with Crippen LogP contribution in [0.15, 0.2) is 70.9 Å². The summed E-state index contributed by atoms with van der Waals surface area (Å²) in [5.74, 6) is 14.5. The first kappa shape index (κ1) is 48.6. The molecule has 376 valence electrons. The Balaban J connectivity index is 0.851. The molecule has 11 rings (SSSR count). The van der Waals surface area contributed by atoms with Gasteiger partial charge in [-0.2, -0.15) is 0 Å². The molecule has 0 aliphatic heterocycles. The fraction of sp³-hybridized carbons (Fsp3) is 0.818. The molecule has 0 aromatic carbocycles. The van der Waals surface area contributed by atoms with Crippen molar-refractivity contribution in [3.05, 3.63) is 70.9 Å². The molecule has 0 aromatic rings. The van der Waals surface area contributed by atoms with E-state index in [1.807, 2.05) is 11.1 Å². The lowest BCUT2D eigenvalue weighted by Gasteiger charge is -2.55. The van der Waals surface area contributed by atoms with Crippen molar-refractivity contribution in [1.82, 2.24) is 10.6 Å². The van der Waals surface area contributed by atoms with Crippen LogP contribution < -0.4 is 10.6 Å². The maximum Gasteiger partial charge on any atom is 0.0113 e.